The standard InChI is InChI=1S/C66H44N2O/c1-2-17-45(18-3-1)48-19-14-21-50(43-48)54-23-4-9-30-61(54)67(53-41-37-47(38-42-53)56-28-16-29-60-59-27-8-13-34-65(59)69-66(56)60)52-39-35-46(36-40-52)49-20-15-22-51(44-49)55-24-5-10-31-62(55)68-63-32-11-6-25-57(63)58-26-7-12-33-64(58)68/h1-44H. The van der Waals surface area contributed by atoms with Crippen molar-refractivity contribution in [2.24, 2.45) is 0 Å². The Bertz CT molecular complexity index is 3960. The summed E-state index contributed by atoms with van der Waals surface area (Å²) < 4.78 is 8.90. The second-order valence-electron chi connectivity index (χ2n) is 17.6. The number of hydrogen-bond acceptors (Lipinski definition) is 2. The molecule has 0 aliphatic rings. The maximum atomic E-state index is 6.48. The van der Waals surface area contributed by atoms with Gasteiger partial charge in [0.25, 0.3) is 0 Å². The van der Waals surface area contributed by atoms with Crippen LogP contribution in [-0.2, 0) is 0 Å². The van der Waals surface area contributed by atoms with E-state index in [1.54, 1.807) is 0 Å². The molecule has 3 heteroatoms. The lowest BCUT2D eigenvalue weighted by atomic mass is 9.96. The molecule has 0 saturated heterocycles. The van der Waals surface area contributed by atoms with Crippen LogP contribution in [-0.4, -0.2) is 4.57 Å². The molecule has 0 fully saturated rings. The maximum absolute atomic E-state index is 6.48. The Labute approximate surface area is 401 Å². The fourth-order valence-corrected chi connectivity index (χ4v) is 10.4. The van der Waals surface area contributed by atoms with Crippen molar-refractivity contribution in [3.63, 3.8) is 0 Å². The van der Waals surface area contributed by atoms with Gasteiger partial charge in [0.2, 0.25) is 0 Å². The lowest BCUT2D eigenvalue weighted by Gasteiger charge is -2.28. The van der Waals surface area contributed by atoms with Gasteiger partial charge >= 0.3 is 0 Å². The summed E-state index contributed by atoms with van der Waals surface area (Å²) in [5.74, 6) is 0. The van der Waals surface area contributed by atoms with Crippen molar-refractivity contribution in [3.05, 3.63) is 267 Å². The zero-order valence-corrected chi connectivity index (χ0v) is 37.7. The molecule has 0 N–H and O–H groups in total. The van der Waals surface area contributed by atoms with Crippen LogP contribution >= 0.6 is 0 Å². The maximum Gasteiger partial charge on any atom is 0.143 e. The summed E-state index contributed by atoms with van der Waals surface area (Å²) in [5, 5.41) is 4.76. The van der Waals surface area contributed by atoms with Crippen LogP contribution in [0.5, 0.6) is 0 Å². The highest BCUT2D eigenvalue weighted by Crippen LogP contribution is 2.44. The van der Waals surface area contributed by atoms with Crippen molar-refractivity contribution in [2.45, 2.75) is 0 Å². The normalized spacial score (nSPS) is 11.5. The van der Waals surface area contributed by atoms with Crippen molar-refractivity contribution in [1.82, 2.24) is 4.57 Å². The van der Waals surface area contributed by atoms with Crippen LogP contribution in [0.1, 0.15) is 0 Å². The molecule has 0 unspecified atom stereocenters. The average molecular weight is 881 g/mol. The lowest BCUT2D eigenvalue weighted by Crippen LogP contribution is -2.11. The number of furan rings is 1. The molecule has 0 amide bonds. The van der Waals surface area contributed by atoms with Gasteiger partial charge in [0, 0.05) is 49.6 Å². The third-order valence-electron chi connectivity index (χ3n) is 13.6. The van der Waals surface area contributed by atoms with E-state index in [1.165, 1.54) is 44.1 Å². The van der Waals surface area contributed by atoms with Gasteiger partial charge in [-0.05, 0) is 106 Å². The summed E-state index contributed by atoms with van der Waals surface area (Å²) in [6, 6.07) is 96.1. The highest BCUT2D eigenvalue weighted by molar-refractivity contribution is 6.11. The molecule has 11 aromatic carbocycles. The summed E-state index contributed by atoms with van der Waals surface area (Å²) >= 11 is 0. The van der Waals surface area contributed by atoms with E-state index < -0.39 is 0 Å². The Hall–Kier alpha value is -9.18. The molecular formula is C66H44N2O. The minimum atomic E-state index is 0.898. The predicted octanol–water partition coefficient (Wildman–Crippen LogP) is 18.5. The van der Waals surface area contributed by atoms with Gasteiger partial charge in [-0.3, -0.25) is 0 Å². The Morgan fingerprint density at radius 2 is 0.754 bits per heavy atom. The van der Waals surface area contributed by atoms with Crippen LogP contribution in [0.4, 0.5) is 17.1 Å². The first kappa shape index (κ1) is 40.1. The molecule has 0 saturated carbocycles. The van der Waals surface area contributed by atoms with Crippen LogP contribution < -0.4 is 4.90 Å². The molecule has 2 heterocycles. The molecular weight excluding hydrogens is 837 g/mol. The molecule has 0 atom stereocenters. The smallest absolute Gasteiger partial charge is 0.143 e. The molecule has 0 bridgehead atoms. The Kier molecular flexibility index (Phi) is 9.84. The molecule has 0 radical (unpaired) electrons. The van der Waals surface area contributed by atoms with Gasteiger partial charge in [-0.1, -0.05) is 200 Å². The van der Waals surface area contributed by atoms with Crippen molar-refractivity contribution in [3.8, 4) is 61.3 Å². The van der Waals surface area contributed by atoms with Crippen molar-refractivity contribution < 1.29 is 4.42 Å². The summed E-state index contributed by atoms with van der Waals surface area (Å²) in [6.45, 7) is 0. The summed E-state index contributed by atoms with van der Waals surface area (Å²) in [6.07, 6.45) is 0. The molecule has 13 rings (SSSR count). The van der Waals surface area contributed by atoms with Crippen LogP contribution in [0.3, 0.4) is 0 Å². The van der Waals surface area contributed by atoms with E-state index in [1.807, 2.05) is 12.1 Å². The molecule has 69 heavy (non-hydrogen) atoms. The lowest BCUT2D eigenvalue weighted by molar-refractivity contribution is 0.670. The van der Waals surface area contributed by atoms with E-state index in [0.717, 1.165) is 78.1 Å². The highest BCUT2D eigenvalue weighted by Gasteiger charge is 2.20. The van der Waals surface area contributed by atoms with Crippen molar-refractivity contribution in [2.75, 3.05) is 4.90 Å². The number of anilines is 3. The molecule has 0 aliphatic carbocycles. The van der Waals surface area contributed by atoms with Crippen LogP contribution in [0.15, 0.2) is 271 Å². The average Bonchev–Trinajstić information content (AvgIpc) is 3.98. The van der Waals surface area contributed by atoms with Gasteiger partial charge in [-0.2, -0.15) is 0 Å². The fourth-order valence-electron chi connectivity index (χ4n) is 10.4. The summed E-state index contributed by atoms with van der Waals surface area (Å²) in [4.78, 5) is 2.39. The summed E-state index contributed by atoms with van der Waals surface area (Å²) in [7, 11) is 0. The molecule has 3 nitrogen and oxygen atoms in total. The van der Waals surface area contributed by atoms with Gasteiger partial charge in [0.1, 0.15) is 11.2 Å². The van der Waals surface area contributed by atoms with Crippen LogP contribution in [0, 0.1) is 0 Å². The quantitative estimate of drug-likeness (QED) is 0.144. The van der Waals surface area contributed by atoms with E-state index in [-0.39, 0.29) is 0 Å². The number of hydrogen-bond donors (Lipinski definition) is 0. The number of para-hydroxylation sites is 6. The van der Waals surface area contributed by atoms with E-state index in [2.05, 4.69) is 264 Å². The van der Waals surface area contributed by atoms with E-state index >= 15 is 0 Å². The zero-order valence-electron chi connectivity index (χ0n) is 37.7. The Morgan fingerprint density at radius 3 is 1.45 bits per heavy atom. The Balaban J connectivity index is 0.904. The van der Waals surface area contributed by atoms with Crippen LogP contribution in [0.2, 0.25) is 0 Å². The van der Waals surface area contributed by atoms with Crippen LogP contribution in [0.25, 0.3) is 105 Å². The SMILES string of the molecule is c1ccc(-c2cccc(-c3ccccc3N(c3ccc(-c4cccc(-c5ccccc5-n5c6ccccc6c6ccccc65)c4)cc3)c3ccc(-c4cccc5c4oc4ccccc45)cc3)c2)cc1. The topological polar surface area (TPSA) is 21.3 Å². The predicted molar refractivity (Wildman–Crippen MR) is 290 cm³/mol. The monoisotopic (exact) mass is 880 g/mol. The zero-order chi connectivity index (χ0) is 45.7. The Morgan fingerprint density at radius 1 is 0.290 bits per heavy atom. The third-order valence-corrected chi connectivity index (χ3v) is 13.6. The molecule has 2 aromatic heterocycles. The van der Waals surface area contributed by atoms with Crippen molar-refractivity contribution in [1.29, 1.82) is 0 Å². The molecule has 13 aromatic rings. The van der Waals surface area contributed by atoms with Gasteiger partial charge in [0.05, 0.1) is 22.4 Å². The minimum Gasteiger partial charge on any atom is -0.455 e. The van der Waals surface area contributed by atoms with Gasteiger partial charge in [-0.15, -0.1) is 0 Å². The van der Waals surface area contributed by atoms with Crippen molar-refractivity contribution >= 4 is 60.8 Å². The second kappa shape index (κ2) is 16.9. The first-order valence-corrected chi connectivity index (χ1v) is 23.6. The molecule has 0 aliphatic heterocycles. The highest BCUT2D eigenvalue weighted by atomic mass is 16.3. The van der Waals surface area contributed by atoms with Gasteiger partial charge in [-0.25, -0.2) is 0 Å². The number of nitrogens with zero attached hydrogens (tertiary/aromatic N) is 2. The molecule has 0 spiro atoms. The van der Waals surface area contributed by atoms with E-state index in [0.29, 0.717) is 0 Å². The van der Waals surface area contributed by atoms with E-state index in [9.17, 15) is 0 Å². The largest absolute Gasteiger partial charge is 0.455 e. The number of aromatic nitrogens is 1. The van der Waals surface area contributed by atoms with E-state index in [4.69, 9.17) is 4.42 Å². The molecule has 324 valence electrons. The first-order chi connectivity index (χ1) is 34.2. The number of benzene rings is 11. The van der Waals surface area contributed by atoms with Gasteiger partial charge in [0.15, 0.2) is 0 Å². The number of rotatable bonds is 9. The minimum absolute atomic E-state index is 0.898. The third kappa shape index (κ3) is 7.08. The fraction of sp³-hybridized carbons (Fsp3) is 0. The summed E-state index contributed by atoms with van der Waals surface area (Å²) in [5.41, 5.74) is 20.1. The van der Waals surface area contributed by atoms with Gasteiger partial charge < -0.3 is 13.9 Å². The number of fused-ring (bicyclic) bond motifs is 6. The second-order valence-corrected chi connectivity index (χ2v) is 17.6. The first-order valence-electron chi connectivity index (χ1n) is 23.6.